The number of methoxy groups -OCH3 is 1. The van der Waals surface area contributed by atoms with Crippen LogP contribution in [0.4, 0.5) is 0 Å². The number of carbonyl (C=O) groups is 4. The molecule has 0 unspecified atom stereocenters. The van der Waals surface area contributed by atoms with Gasteiger partial charge in [0, 0.05) is 11.6 Å². The Morgan fingerprint density at radius 2 is 1.62 bits per heavy atom. The maximum atomic E-state index is 13.3. The van der Waals surface area contributed by atoms with Crippen LogP contribution in [0, 0.1) is 41.4 Å². The first-order valence-electron chi connectivity index (χ1n) is 12.4. The van der Waals surface area contributed by atoms with Crippen molar-refractivity contribution in [1.29, 1.82) is 0 Å². The van der Waals surface area contributed by atoms with Crippen LogP contribution in [-0.2, 0) is 19.1 Å². The second kappa shape index (κ2) is 8.07. The minimum Gasteiger partial charge on any atom is -0.497 e. The second-order valence-corrected chi connectivity index (χ2v) is 10.5. The van der Waals surface area contributed by atoms with Crippen molar-refractivity contribution in [2.75, 3.05) is 13.7 Å². The lowest BCUT2D eigenvalue weighted by atomic mass is 9.63. The van der Waals surface area contributed by atoms with Crippen molar-refractivity contribution in [3.8, 4) is 5.75 Å². The van der Waals surface area contributed by atoms with E-state index in [4.69, 9.17) is 9.47 Å². The second-order valence-electron chi connectivity index (χ2n) is 10.5. The van der Waals surface area contributed by atoms with Gasteiger partial charge in [0.15, 0.2) is 12.4 Å². The molecule has 7 nitrogen and oxygen atoms in total. The summed E-state index contributed by atoms with van der Waals surface area (Å²) < 4.78 is 10.5. The van der Waals surface area contributed by atoms with Crippen molar-refractivity contribution in [3.05, 3.63) is 42.0 Å². The van der Waals surface area contributed by atoms with Gasteiger partial charge in [-0.2, -0.15) is 0 Å². The summed E-state index contributed by atoms with van der Waals surface area (Å²) in [6, 6.07) is 6.61. The molecule has 7 rings (SSSR count). The molecule has 1 aromatic carbocycles. The van der Waals surface area contributed by atoms with Crippen molar-refractivity contribution in [3.63, 3.8) is 0 Å². The number of hydrogen-bond acceptors (Lipinski definition) is 6. The zero-order valence-corrected chi connectivity index (χ0v) is 19.2. The van der Waals surface area contributed by atoms with Crippen LogP contribution in [0.25, 0.3) is 0 Å². The molecule has 6 aliphatic rings. The maximum absolute atomic E-state index is 13.3. The van der Waals surface area contributed by atoms with E-state index in [-0.39, 0.29) is 65.8 Å². The molecule has 4 fully saturated rings. The van der Waals surface area contributed by atoms with Gasteiger partial charge < -0.3 is 9.47 Å². The van der Waals surface area contributed by atoms with Crippen LogP contribution in [0.3, 0.4) is 0 Å². The SMILES string of the molecule is COc1cccc(C(=O)COC(=O)C2CCC(N3C(=O)[C@@H]4[C@H]5C=C[C@@H]([C@@H]6C[C@H]56)[C@H]4C3=O)CC2)c1. The van der Waals surface area contributed by atoms with Gasteiger partial charge in [-0.25, -0.2) is 0 Å². The lowest BCUT2D eigenvalue weighted by Gasteiger charge is -2.37. The number of imide groups is 1. The van der Waals surface area contributed by atoms with E-state index in [2.05, 4.69) is 12.2 Å². The van der Waals surface area contributed by atoms with Crippen molar-refractivity contribution in [1.82, 2.24) is 4.90 Å². The highest BCUT2D eigenvalue weighted by Crippen LogP contribution is 2.65. The Bertz CT molecular complexity index is 1050. The van der Waals surface area contributed by atoms with Gasteiger partial charge in [0.1, 0.15) is 5.75 Å². The zero-order valence-electron chi connectivity index (χ0n) is 19.2. The topological polar surface area (TPSA) is 90.0 Å². The molecule has 1 saturated heterocycles. The molecule has 0 aromatic heterocycles. The number of esters is 1. The van der Waals surface area contributed by atoms with Crippen molar-refractivity contribution >= 4 is 23.6 Å². The normalized spacial score (nSPS) is 37.3. The summed E-state index contributed by atoms with van der Waals surface area (Å²) in [5, 5.41) is 0. The standard InChI is InChI=1S/C27H29NO6/c1-33-17-4-2-3-15(11-17)22(29)13-34-27(32)14-5-7-16(8-6-14)28-25(30)23-18-9-10-19(21-12-20(18)21)24(23)26(28)31/h2-4,9-11,14,16,18-21,23-24H,5-8,12-13H2,1H3/t14?,16?,18-,19-,20-,21+,23+,24+/m0/s1. The van der Waals surface area contributed by atoms with Crippen LogP contribution in [0.15, 0.2) is 36.4 Å². The molecule has 3 saturated carbocycles. The zero-order chi connectivity index (χ0) is 23.6. The number of rotatable bonds is 6. The summed E-state index contributed by atoms with van der Waals surface area (Å²) in [6.07, 6.45) is 7.86. The molecule has 7 heteroatoms. The number of hydrogen-bond donors (Lipinski definition) is 0. The van der Waals surface area contributed by atoms with E-state index < -0.39 is 0 Å². The van der Waals surface area contributed by atoms with E-state index in [0.29, 0.717) is 48.8 Å². The van der Waals surface area contributed by atoms with Crippen LogP contribution < -0.4 is 4.74 Å². The largest absolute Gasteiger partial charge is 0.497 e. The minimum atomic E-state index is -0.384. The molecule has 1 aliphatic heterocycles. The Kier molecular flexibility index (Phi) is 5.12. The third-order valence-corrected chi connectivity index (χ3v) is 8.83. The van der Waals surface area contributed by atoms with Gasteiger partial charge in [0.05, 0.1) is 24.9 Å². The highest BCUT2D eigenvalue weighted by molar-refractivity contribution is 6.06. The molecule has 0 radical (unpaired) electrons. The Morgan fingerprint density at radius 3 is 2.24 bits per heavy atom. The van der Waals surface area contributed by atoms with Crippen LogP contribution in [0.2, 0.25) is 0 Å². The van der Waals surface area contributed by atoms with E-state index in [1.54, 1.807) is 29.2 Å². The lowest BCUT2D eigenvalue weighted by molar-refractivity contribution is -0.149. The number of ketones is 1. The summed E-state index contributed by atoms with van der Waals surface area (Å²) in [7, 11) is 1.53. The van der Waals surface area contributed by atoms with Gasteiger partial charge in [0.25, 0.3) is 0 Å². The monoisotopic (exact) mass is 463 g/mol. The predicted molar refractivity (Wildman–Crippen MR) is 121 cm³/mol. The molecular formula is C27H29NO6. The average molecular weight is 464 g/mol. The number of likely N-dealkylation sites (tertiary alicyclic amines) is 1. The highest BCUT2D eigenvalue weighted by Gasteiger charge is 2.67. The molecule has 0 spiro atoms. The van der Waals surface area contributed by atoms with E-state index in [1.807, 2.05) is 0 Å². The smallest absolute Gasteiger partial charge is 0.309 e. The number of ether oxygens (including phenoxy) is 2. The lowest BCUT2D eigenvalue weighted by Crippen LogP contribution is -2.44. The summed E-state index contributed by atoms with van der Waals surface area (Å²) in [5.74, 6) is 0.929. The third-order valence-electron chi connectivity index (χ3n) is 8.83. The Labute approximate surface area is 198 Å². The fraction of sp³-hybridized carbons (Fsp3) is 0.556. The quantitative estimate of drug-likeness (QED) is 0.279. The Hall–Kier alpha value is -2.96. The van der Waals surface area contributed by atoms with Crippen molar-refractivity contribution in [2.24, 2.45) is 41.4 Å². The molecule has 34 heavy (non-hydrogen) atoms. The number of Topliss-reactive ketones (excluding diaryl/α,β-unsaturated/α-hetero) is 1. The third kappa shape index (κ3) is 3.31. The van der Waals surface area contributed by atoms with Gasteiger partial charge >= 0.3 is 5.97 Å². The first kappa shape index (κ1) is 21.6. The van der Waals surface area contributed by atoms with Gasteiger partial charge in [0.2, 0.25) is 11.8 Å². The first-order valence-corrected chi connectivity index (χ1v) is 12.4. The first-order chi connectivity index (χ1) is 16.5. The highest BCUT2D eigenvalue weighted by atomic mass is 16.5. The number of amides is 2. The number of allylic oxidation sites excluding steroid dienone is 2. The van der Waals surface area contributed by atoms with E-state index >= 15 is 0 Å². The fourth-order valence-corrected chi connectivity index (χ4v) is 7.04. The Morgan fingerprint density at radius 1 is 0.971 bits per heavy atom. The molecule has 1 heterocycles. The minimum absolute atomic E-state index is 0.00890. The van der Waals surface area contributed by atoms with Crippen molar-refractivity contribution in [2.45, 2.75) is 38.1 Å². The van der Waals surface area contributed by atoms with Crippen LogP contribution >= 0.6 is 0 Å². The molecule has 1 aromatic rings. The summed E-state index contributed by atoms with van der Waals surface area (Å²) in [4.78, 5) is 53.2. The molecule has 5 aliphatic carbocycles. The molecule has 178 valence electrons. The van der Waals surface area contributed by atoms with Gasteiger partial charge in [-0.1, -0.05) is 24.3 Å². The number of nitrogens with zero attached hydrogens (tertiary/aromatic N) is 1. The fourth-order valence-electron chi connectivity index (χ4n) is 7.04. The van der Waals surface area contributed by atoms with Crippen molar-refractivity contribution < 1.29 is 28.7 Å². The molecule has 2 bridgehead atoms. The summed E-state index contributed by atoms with van der Waals surface area (Å²) in [5.41, 5.74) is 0.435. The molecular weight excluding hydrogens is 434 g/mol. The van der Waals surface area contributed by atoms with Crippen LogP contribution in [0.5, 0.6) is 5.75 Å². The molecule has 0 N–H and O–H groups in total. The van der Waals surface area contributed by atoms with E-state index in [0.717, 1.165) is 6.42 Å². The van der Waals surface area contributed by atoms with Gasteiger partial charge in [-0.15, -0.1) is 0 Å². The molecule has 2 amide bonds. The van der Waals surface area contributed by atoms with Crippen LogP contribution in [-0.4, -0.2) is 48.2 Å². The average Bonchev–Trinajstić information content (AvgIpc) is 3.65. The van der Waals surface area contributed by atoms with E-state index in [9.17, 15) is 19.2 Å². The molecule has 6 atom stereocenters. The summed E-state index contributed by atoms with van der Waals surface area (Å²) >= 11 is 0. The Balaban J connectivity index is 1.04. The predicted octanol–water partition coefficient (Wildman–Crippen LogP) is 3.03. The number of carbonyl (C=O) groups excluding carboxylic acids is 4. The summed E-state index contributed by atoms with van der Waals surface area (Å²) in [6.45, 7) is -0.309. The van der Waals surface area contributed by atoms with Gasteiger partial charge in [-0.05, 0) is 67.9 Å². The number of benzene rings is 1. The van der Waals surface area contributed by atoms with E-state index in [1.165, 1.54) is 7.11 Å². The maximum Gasteiger partial charge on any atom is 0.309 e. The van der Waals surface area contributed by atoms with Crippen LogP contribution in [0.1, 0.15) is 42.5 Å². The van der Waals surface area contributed by atoms with Gasteiger partial charge in [-0.3, -0.25) is 24.1 Å².